The van der Waals surface area contributed by atoms with E-state index in [1.807, 2.05) is 42.2 Å². The second-order valence-electron chi connectivity index (χ2n) is 9.57. The van der Waals surface area contributed by atoms with E-state index in [0.717, 1.165) is 57.2 Å². The first-order valence-corrected chi connectivity index (χ1v) is 13.9. The standard InChI is InChI=1S/C29H34N2O2S2/c1-22-11-13-24(14-12-22)21-26-28(33)31(29(34)35-26)17-7-3-6-10-27(32)30-18-15-25(16-19-30)20-23-8-4-2-5-9-23/h2,4-5,8-9,11-14,21,25H,3,6-7,10,15-20H2,1H3/b26-21-. The Morgan fingerprint density at radius 1 is 1.03 bits per heavy atom. The number of hydrogen-bond acceptors (Lipinski definition) is 4. The van der Waals surface area contributed by atoms with E-state index < -0.39 is 0 Å². The number of aryl methyl sites for hydroxylation is 1. The lowest BCUT2D eigenvalue weighted by Crippen LogP contribution is -2.38. The maximum atomic E-state index is 12.8. The van der Waals surface area contributed by atoms with Crippen LogP contribution in [0.2, 0.25) is 0 Å². The van der Waals surface area contributed by atoms with Crippen LogP contribution in [0, 0.1) is 12.8 Å². The van der Waals surface area contributed by atoms with Gasteiger partial charge in [0, 0.05) is 26.1 Å². The fourth-order valence-corrected chi connectivity index (χ4v) is 6.03. The van der Waals surface area contributed by atoms with E-state index >= 15 is 0 Å². The van der Waals surface area contributed by atoms with Crippen LogP contribution < -0.4 is 0 Å². The molecule has 0 aliphatic carbocycles. The number of thioether (sulfide) groups is 1. The van der Waals surface area contributed by atoms with Gasteiger partial charge in [0.15, 0.2) is 0 Å². The van der Waals surface area contributed by atoms with Crippen molar-refractivity contribution in [1.29, 1.82) is 0 Å². The van der Waals surface area contributed by atoms with E-state index in [-0.39, 0.29) is 11.8 Å². The van der Waals surface area contributed by atoms with Crippen LogP contribution in [0.15, 0.2) is 59.5 Å². The molecule has 184 valence electrons. The molecule has 0 aromatic heterocycles. The highest BCUT2D eigenvalue weighted by Crippen LogP contribution is 2.33. The highest BCUT2D eigenvalue weighted by atomic mass is 32.2. The maximum absolute atomic E-state index is 12.8. The normalized spacial score (nSPS) is 18.0. The van der Waals surface area contributed by atoms with Crippen molar-refractivity contribution in [2.24, 2.45) is 5.92 Å². The van der Waals surface area contributed by atoms with Crippen LogP contribution in [-0.4, -0.2) is 45.6 Å². The number of amides is 2. The lowest BCUT2D eigenvalue weighted by Gasteiger charge is -2.32. The number of hydrogen-bond donors (Lipinski definition) is 0. The average Bonchev–Trinajstić information content (AvgIpc) is 3.13. The van der Waals surface area contributed by atoms with Gasteiger partial charge in [-0.3, -0.25) is 14.5 Å². The van der Waals surface area contributed by atoms with Gasteiger partial charge < -0.3 is 4.90 Å². The molecule has 2 amide bonds. The predicted octanol–water partition coefficient (Wildman–Crippen LogP) is 6.24. The van der Waals surface area contributed by atoms with Crippen LogP contribution in [0.1, 0.15) is 55.2 Å². The Kier molecular flexibility index (Phi) is 9.16. The summed E-state index contributed by atoms with van der Waals surface area (Å²) in [7, 11) is 0. The first kappa shape index (κ1) is 25.6. The molecule has 0 saturated carbocycles. The van der Waals surface area contributed by atoms with Gasteiger partial charge in [-0.1, -0.05) is 90.6 Å². The predicted molar refractivity (Wildman–Crippen MR) is 149 cm³/mol. The van der Waals surface area contributed by atoms with Crippen LogP contribution in [-0.2, 0) is 16.0 Å². The number of likely N-dealkylation sites (tertiary alicyclic amines) is 1. The van der Waals surface area contributed by atoms with Gasteiger partial charge in [0.25, 0.3) is 5.91 Å². The van der Waals surface area contributed by atoms with Crippen molar-refractivity contribution in [2.45, 2.75) is 51.9 Å². The molecular weight excluding hydrogens is 472 g/mol. The van der Waals surface area contributed by atoms with Crippen LogP contribution >= 0.6 is 24.0 Å². The van der Waals surface area contributed by atoms with E-state index in [1.165, 1.54) is 22.9 Å². The molecule has 4 rings (SSSR count). The van der Waals surface area contributed by atoms with E-state index in [4.69, 9.17) is 12.2 Å². The summed E-state index contributed by atoms with van der Waals surface area (Å²) >= 11 is 6.83. The first-order valence-electron chi connectivity index (χ1n) is 12.6. The van der Waals surface area contributed by atoms with Crippen molar-refractivity contribution in [3.05, 3.63) is 76.2 Å². The van der Waals surface area contributed by atoms with Crippen molar-refractivity contribution in [1.82, 2.24) is 9.80 Å². The summed E-state index contributed by atoms with van der Waals surface area (Å²) in [5, 5.41) is 0. The first-order chi connectivity index (χ1) is 17.0. The molecule has 4 nitrogen and oxygen atoms in total. The monoisotopic (exact) mass is 506 g/mol. The molecule has 0 radical (unpaired) electrons. The van der Waals surface area contributed by atoms with Crippen LogP contribution in [0.25, 0.3) is 6.08 Å². The molecule has 2 aromatic carbocycles. The second-order valence-corrected chi connectivity index (χ2v) is 11.2. The lowest BCUT2D eigenvalue weighted by molar-refractivity contribution is -0.132. The van der Waals surface area contributed by atoms with E-state index in [2.05, 4.69) is 30.3 Å². The number of piperidine rings is 1. The fourth-order valence-electron chi connectivity index (χ4n) is 4.72. The third-order valence-electron chi connectivity index (χ3n) is 6.86. The highest BCUT2D eigenvalue weighted by Gasteiger charge is 2.31. The Bertz CT molecular complexity index is 1060. The third kappa shape index (κ3) is 7.28. The van der Waals surface area contributed by atoms with Crippen molar-refractivity contribution in [2.75, 3.05) is 19.6 Å². The van der Waals surface area contributed by atoms with Crippen LogP contribution in [0.5, 0.6) is 0 Å². The van der Waals surface area contributed by atoms with Crippen LogP contribution in [0.4, 0.5) is 0 Å². The summed E-state index contributed by atoms with van der Waals surface area (Å²) in [4.78, 5) is 29.9. The van der Waals surface area contributed by atoms with Crippen LogP contribution in [0.3, 0.4) is 0 Å². The minimum Gasteiger partial charge on any atom is -0.343 e. The molecular formula is C29H34N2O2S2. The molecule has 2 saturated heterocycles. The largest absolute Gasteiger partial charge is 0.343 e. The topological polar surface area (TPSA) is 40.6 Å². The number of unbranched alkanes of at least 4 members (excludes halogenated alkanes) is 2. The summed E-state index contributed by atoms with van der Waals surface area (Å²) in [5.74, 6) is 0.941. The number of carbonyl (C=O) groups is 2. The molecule has 0 spiro atoms. The summed E-state index contributed by atoms with van der Waals surface area (Å²) in [6, 6.07) is 18.8. The van der Waals surface area contributed by atoms with Gasteiger partial charge in [-0.15, -0.1) is 0 Å². The Labute approximate surface area is 218 Å². The van der Waals surface area contributed by atoms with E-state index in [9.17, 15) is 9.59 Å². The molecule has 6 heteroatoms. The Hall–Kier alpha value is -2.44. The van der Waals surface area contributed by atoms with E-state index in [1.54, 1.807) is 4.90 Å². The number of carbonyl (C=O) groups excluding carboxylic acids is 2. The maximum Gasteiger partial charge on any atom is 0.266 e. The third-order valence-corrected chi connectivity index (χ3v) is 8.23. The summed E-state index contributed by atoms with van der Waals surface area (Å²) in [6.07, 6.45) is 8.43. The van der Waals surface area contributed by atoms with Gasteiger partial charge in [-0.25, -0.2) is 0 Å². The van der Waals surface area contributed by atoms with Gasteiger partial charge in [0.1, 0.15) is 4.32 Å². The number of thiocarbonyl (C=S) groups is 1. The minimum atomic E-state index is -0.00461. The van der Waals surface area contributed by atoms with Crippen molar-refractivity contribution in [3.8, 4) is 0 Å². The number of benzene rings is 2. The molecule has 0 unspecified atom stereocenters. The average molecular weight is 507 g/mol. The molecule has 2 fully saturated rings. The van der Waals surface area contributed by atoms with E-state index in [0.29, 0.717) is 28.1 Å². The van der Waals surface area contributed by atoms with Crippen molar-refractivity contribution in [3.63, 3.8) is 0 Å². The van der Waals surface area contributed by atoms with Crippen molar-refractivity contribution >= 4 is 46.2 Å². The molecule has 35 heavy (non-hydrogen) atoms. The molecule has 2 heterocycles. The fraction of sp³-hybridized carbons (Fsp3) is 0.414. The molecule has 2 aromatic rings. The Morgan fingerprint density at radius 3 is 2.46 bits per heavy atom. The van der Waals surface area contributed by atoms with Gasteiger partial charge in [-0.05, 0) is 62.1 Å². The zero-order valence-corrected chi connectivity index (χ0v) is 22.1. The lowest BCUT2D eigenvalue weighted by atomic mass is 9.90. The van der Waals surface area contributed by atoms with Gasteiger partial charge in [0.2, 0.25) is 5.91 Å². The highest BCUT2D eigenvalue weighted by molar-refractivity contribution is 8.26. The van der Waals surface area contributed by atoms with Gasteiger partial charge >= 0.3 is 0 Å². The van der Waals surface area contributed by atoms with Crippen molar-refractivity contribution < 1.29 is 9.59 Å². The quantitative estimate of drug-likeness (QED) is 0.229. The smallest absolute Gasteiger partial charge is 0.266 e. The zero-order chi connectivity index (χ0) is 24.6. The SMILES string of the molecule is Cc1ccc(/C=C2\SC(=S)N(CCCCCC(=O)N3CCC(Cc4ccccc4)CC3)C2=O)cc1. The minimum absolute atomic E-state index is 0.00461. The van der Waals surface area contributed by atoms with Gasteiger partial charge in [0.05, 0.1) is 4.91 Å². The summed E-state index contributed by atoms with van der Waals surface area (Å²) in [5.41, 5.74) is 3.60. The molecule has 0 atom stereocenters. The molecule has 2 aliphatic rings. The molecule has 0 N–H and O–H groups in total. The zero-order valence-electron chi connectivity index (χ0n) is 20.4. The number of nitrogens with zero attached hydrogens (tertiary/aromatic N) is 2. The molecule has 0 bridgehead atoms. The summed E-state index contributed by atoms with van der Waals surface area (Å²) < 4.78 is 0.628. The molecule has 2 aliphatic heterocycles. The Balaban J connectivity index is 1.13. The second kappa shape index (κ2) is 12.5. The summed E-state index contributed by atoms with van der Waals surface area (Å²) in [6.45, 7) is 4.42. The Morgan fingerprint density at radius 2 is 1.74 bits per heavy atom. The van der Waals surface area contributed by atoms with Gasteiger partial charge in [-0.2, -0.15) is 0 Å². The number of rotatable bonds is 9.